The molecule has 1 aliphatic rings. The number of nitrogens with zero attached hydrogens (tertiary/aromatic N) is 1. The largest absolute Gasteiger partial charge is 0.457 e. The molecule has 0 spiro atoms. The molecule has 0 saturated heterocycles. The van der Waals surface area contributed by atoms with Gasteiger partial charge in [0, 0.05) is 11.9 Å². The number of para-hydroxylation sites is 1. The first kappa shape index (κ1) is 31.7. The Labute approximate surface area is 225 Å². The van der Waals surface area contributed by atoms with Crippen LogP contribution < -0.4 is 15.2 Å². The van der Waals surface area contributed by atoms with Gasteiger partial charge in [-0.3, -0.25) is 10.4 Å². The van der Waals surface area contributed by atoms with Gasteiger partial charge in [-0.1, -0.05) is 91.0 Å². The van der Waals surface area contributed by atoms with E-state index in [1.54, 1.807) is 38.1 Å². The summed E-state index contributed by atoms with van der Waals surface area (Å²) >= 11 is 0. The van der Waals surface area contributed by atoms with Crippen molar-refractivity contribution in [2.75, 3.05) is 0 Å². The molecular formula is C32H47N3O2. The van der Waals surface area contributed by atoms with Crippen LogP contribution in [0.1, 0.15) is 80.1 Å². The van der Waals surface area contributed by atoms with E-state index in [1.165, 1.54) is 44.7 Å². The normalized spacial score (nSPS) is 14.7. The number of nitrogens with one attached hydrogen (secondary N) is 1. The van der Waals surface area contributed by atoms with Crippen LogP contribution >= 0.6 is 0 Å². The van der Waals surface area contributed by atoms with Gasteiger partial charge in [-0.15, -0.1) is 0 Å². The highest BCUT2D eigenvalue weighted by Crippen LogP contribution is 2.32. The summed E-state index contributed by atoms with van der Waals surface area (Å²) < 4.78 is 11.3. The van der Waals surface area contributed by atoms with Gasteiger partial charge in [0.1, 0.15) is 17.2 Å². The van der Waals surface area contributed by atoms with Gasteiger partial charge < -0.3 is 15.2 Å². The summed E-state index contributed by atoms with van der Waals surface area (Å²) in [5.41, 5.74) is 7.33. The van der Waals surface area contributed by atoms with E-state index in [4.69, 9.17) is 20.6 Å². The second-order valence-electron chi connectivity index (χ2n) is 9.41. The zero-order valence-electron chi connectivity index (χ0n) is 23.7. The van der Waals surface area contributed by atoms with E-state index >= 15 is 0 Å². The van der Waals surface area contributed by atoms with E-state index < -0.39 is 0 Å². The number of nitrogens with two attached hydrogens (primary N) is 1. The van der Waals surface area contributed by atoms with Crippen LogP contribution in [0, 0.1) is 17.2 Å². The van der Waals surface area contributed by atoms with Crippen molar-refractivity contribution >= 4 is 11.6 Å². The fourth-order valence-electron chi connectivity index (χ4n) is 4.06. The number of benzene rings is 2. The fourth-order valence-corrected chi connectivity index (χ4v) is 4.06. The van der Waals surface area contributed by atoms with Gasteiger partial charge in [0.05, 0.1) is 11.3 Å². The summed E-state index contributed by atoms with van der Waals surface area (Å²) in [6, 6.07) is 16.5. The molecule has 0 aliphatic heterocycles. The first-order valence-electron chi connectivity index (χ1n) is 13.5. The zero-order chi connectivity index (χ0) is 27.6. The lowest BCUT2D eigenvalue weighted by Gasteiger charge is -2.15. The van der Waals surface area contributed by atoms with E-state index in [9.17, 15) is 0 Å². The average molecular weight is 506 g/mol. The number of ether oxygens (including phenoxy) is 2. The first-order chi connectivity index (χ1) is 17.8. The Bertz CT molecular complexity index is 984. The molecule has 2 aromatic carbocycles. The number of hydrogen-bond acceptors (Lipinski definition) is 5. The van der Waals surface area contributed by atoms with Crippen molar-refractivity contribution in [3.63, 3.8) is 0 Å². The van der Waals surface area contributed by atoms with Crippen LogP contribution in [0.15, 0.2) is 83.6 Å². The summed E-state index contributed by atoms with van der Waals surface area (Å²) in [7, 11) is 0. The van der Waals surface area contributed by atoms with Gasteiger partial charge >= 0.3 is 0 Å². The number of aliphatic imine (C=N–C) groups is 1. The zero-order valence-corrected chi connectivity index (χ0v) is 23.7. The minimum absolute atomic E-state index is 0.0696. The maximum Gasteiger partial charge on any atom is 0.222 e. The second-order valence-corrected chi connectivity index (χ2v) is 9.41. The topological polar surface area (TPSA) is 80.7 Å². The molecule has 3 N–H and O–H groups in total. The highest BCUT2D eigenvalue weighted by atomic mass is 16.5. The molecule has 2 aromatic rings. The van der Waals surface area contributed by atoms with E-state index in [0.29, 0.717) is 28.5 Å². The van der Waals surface area contributed by atoms with Crippen molar-refractivity contribution in [1.29, 1.82) is 5.41 Å². The van der Waals surface area contributed by atoms with Crippen LogP contribution in [0.2, 0.25) is 0 Å². The van der Waals surface area contributed by atoms with Gasteiger partial charge in [0.2, 0.25) is 5.90 Å². The molecule has 5 nitrogen and oxygen atoms in total. The summed E-state index contributed by atoms with van der Waals surface area (Å²) in [6.07, 6.45) is 10.0. The molecule has 1 saturated carbocycles. The van der Waals surface area contributed by atoms with Crippen molar-refractivity contribution in [2.45, 2.75) is 80.1 Å². The van der Waals surface area contributed by atoms with Crippen molar-refractivity contribution < 1.29 is 9.47 Å². The van der Waals surface area contributed by atoms with Crippen molar-refractivity contribution in [2.24, 2.45) is 22.6 Å². The maximum atomic E-state index is 8.15. The highest BCUT2D eigenvalue weighted by molar-refractivity contribution is 6.20. The third-order valence-corrected chi connectivity index (χ3v) is 6.14. The third kappa shape index (κ3) is 12.0. The molecule has 1 unspecified atom stereocenters. The Morgan fingerprint density at radius 3 is 2.00 bits per heavy atom. The quantitative estimate of drug-likeness (QED) is 0.277. The number of rotatable bonds is 8. The third-order valence-electron chi connectivity index (χ3n) is 6.14. The molecule has 3 rings (SSSR count). The van der Waals surface area contributed by atoms with Crippen LogP contribution in [0.4, 0.5) is 0 Å². The van der Waals surface area contributed by atoms with E-state index in [-0.39, 0.29) is 5.90 Å². The lowest BCUT2D eigenvalue weighted by atomic mass is 9.91. The molecule has 0 heterocycles. The average Bonchev–Trinajstić information content (AvgIpc) is 3.41. The first-order valence-corrected chi connectivity index (χ1v) is 13.5. The molecule has 37 heavy (non-hydrogen) atoms. The predicted octanol–water partition coefficient (Wildman–Crippen LogP) is 9.31. The Balaban J connectivity index is 0.000000471. The van der Waals surface area contributed by atoms with Gasteiger partial charge in [-0.25, -0.2) is 0 Å². The van der Waals surface area contributed by atoms with Crippen molar-refractivity contribution in [1.82, 2.24) is 0 Å². The molecule has 0 radical (unpaired) electrons. The van der Waals surface area contributed by atoms with Crippen LogP contribution in [-0.4, -0.2) is 11.6 Å². The summed E-state index contributed by atoms with van der Waals surface area (Å²) in [5, 5.41) is 8.15. The number of hydrogen-bond donors (Lipinski definition) is 2. The SMILES string of the molecule is C=CN=C(C)/C(C(=N)Oc1ccc(Oc2ccccc2)cc1)=C(\C)N.CCC.CCC(C)C1CCCC1. The smallest absolute Gasteiger partial charge is 0.222 e. The Morgan fingerprint density at radius 1 is 1.00 bits per heavy atom. The van der Waals surface area contributed by atoms with Crippen molar-refractivity contribution in [3.05, 3.63) is 78.6 Å². The summed E-state index contributed by atoms with van der Waals surface area (Å²) in [5.74, 6) is 3.95. The lowest BCUT2D eigenvalue weighted by molar-refractivity contribution is 0.357. The summed E-state index contributed by atoms with van der Waals surface area (Å²) in [4.78, 5) is 4.07. The van der Waals surface area contributed by atoms with Gasteiger partial charge in [-0.2, -0.15) is 0 Å². The molecular weight excluding hydrogens is 458 g/mol. The van der Waals surface area contributed by atoms with Crippen LogP contribution in [-0.2, 0) is 0 Å². The maximum absolute atomic E-state index is 8.15. The van der Waals surface area contributed by atoms with Gasteiger partial charge in [-0.05, 0) is 62.1 Å². The monoisotopic (exact) mass is 505 g/mol. The van der Waals surface area contributed by atoms with Crippen LogP contribution in [0.3, 0.4) is 0 Å². The van der Waals surface area contributed by atoms with E-state index in [0.717, 1.165) is 17.6 Å². The Kier molecular flexibility index (Phi) is 15.4. The molecule has 1 aliphatic carbocycles. The van der Waals surface area contributed by atoms with Crippen LogP contribution in [0.5, 0.6) is 17.2 Å². The highest BCUT2D eigenvalue weighted by Gasteiger charge is 2.19. The van der Waals surface area contributed by atoms with E-state index in [2.05, 4.69) is 39.3 Å². The Hall–Kier alpha value is -3.34. The van der Waals surface area contributed by atoms with Gasteiger partial charge in [0.25, 0.3) is 0 Å². The molecule has 1 atom stereocenters. The standard InChI is InChI=1S/C20H21N3O2.C9H18.C3H8/c1-4-23-15(3)19(14(2)21)20(22)25-18-12-10-17(11-13-18)24-16-8-6-5-7-9-16;1-3-8(2)9-6-4-5-7-9;1-3-2/h4-13,22H,1,21H2,2-3H3;8-9H,3-7H2,1-2H3;3H2,1-2H3/b19-14-,22-20?,23-15?;;. The van der Waals surface area contributed by atoms with Crippen LogP contribution in [0.25, 0.3) is 0 Å². The molecule has 202 valence electrons. The number of allylic oxidation sites excluding steroid dienone is 1. The molecule has 1 fully saturated rings. The second kappa shape index (κ2) is 18.0. The van der Waals surface area contributed by atoms with Gasteiger partial charge in [0.15, 0.2) is 0 Å². The van der Waals surface area contributed by atoms with E-state index in [1.807, 2.05) is 30.3 Å². The molecule has 0 aromatic heterocycles. The minimum Gasteiger partial charge on any atom is -0.457 e. The fraction of sp³-hybridized carbons (Fsp3) is 0.438. The predicted molar refractivity (Wildman–Crippen MR) is 159 cm³/mol. The minimum atomic E-state index is -0.0696. The molecule has 0 bridgehead atoms. The van der Waals surface area contributed by atoms with Crippen molar-refractivity contribution in [3.8, 4) is 17.2 Å². The lowest BCUT2D eigenvalue weighted by Crippen LogP contribution is -2.20. The summed E-state index contributed by atoms with van der Waals surface area (Å²) in [6.45, 7) is 16.0. The molecule has 0 amide bonds. The molecule has 5 heteroatoms. The Morgan fingerprint density at radius 2 is 1.51 bits per heavy atom.